The molecule has 0 fully saturated rings. The Balaban J connectivity index is 2.24. The summed E-state index contributed by atoms with van der Waals surface area (Å²) in [7, 11) is 1.23. The van der Waals surface area contributed by atoms with Crippen molar-refractivity contribution in [3.8, 4) is 0 Å². The van der Waals surface area contributed by atoms with Gasteiger partial charge in [-0.3, -0.25) is 19.4 Å². The summed E-state index contributed by atoms with van der Waals surface area (Å²) < 4.78 is 5.93. The molecular formula is C12H17N7O4. The highest BCUT2D eigenvalue weighted by atomic mass is 16.5. The van der Waals surface area contributed by atoms with E-state index in [4.69, 9.17) is 11.5 Å². The lowest BCUT2D eigenvalue weighted by Gasteiger charge is -2.20. The molecule has 0 atom stereocenters. The molecule has 0 spiro atoms. The van der Waals surface area contributed by atoms with Gasteiger partial charge in [0.05, 0.1) is 13.4 Å². The van der Waals surface area contributed by atoms with Crippen LogP contribution < -0.4 is 17.0 Å². The lowest BCUT2D eigenvalue weighted by Crippen LogP contribution is -2.41. The molecule has 0 bridgehead atoms. The van der Waals surface area contributed by atoms with Crippen molar-refractivity contribution in [2.45, 2.75) is 6.54 Å². The van der Waals surface area contributed by atoms with Crippen molar-refractivity contribution < 1.29 is 14.3 Å². The van der Waals surface area contributed by atoms with E-state index in [0.29, 0.717) is 0 Å². The van der Waals surface area contributed by atoms with Gasteiger partial charge in [-0.2, -0.15) is 4.98 Å². The van der Waals surface area contributed by atoms with E-state index in [0.717, 1.165) is 0 Å². The number of nitrogens with one attached hydrogen (secondary N) is 1. The number of ether oxygens (including phenoxy) is 1. The molecule has 2 heterocycles. The van der Waals surface area contributed by atoms with E-state index >= 15 is 0 Å². The predicted molar refractivity (Wildman–Crippen MR) is 80.2 cm³/mol. The minimum Gasteiger partial charge on any atom is -0.468 e. The van der Waals surface area contributed by atoms with Gasteiger partial charge in [0.2, 0.25) is 11.9 Å². The number of carbonyl (C=O) groups excluding carboxylic acids is 2. The van der Waals surface area contributed by atoms with Gasteiger partial charge in [0.15, 0.2) is 11.2 Å². The molecular weight excluding hydrogens is 306 g/mol. The lowest BCUT2D eigenvalue weighted by atomic mass is 10.4. The normalized spacial score (nSPS) is 10.7. The Morgan fingerprint density at radius 1 is 1.48 bits per heavy atom. The number of hydrogen-bond acceptors (Lipinski definition) is 8. The second kappa shape index (κ2) is 6.87. The Morgan fingerprint density at radius 3 is 2.87 bits per heavy atom. The molecule has 2 aromatic rings. The van der Waals surface area contributed by atoms with Gasteiger partial charge in [-0.05, 0) is 0 Å². The zero-order valence-corrected chi connectivity index (χ0v) is 12.5. The smallest absolute Gasteiger partial charge is 0.325 e. The highest BCUT2D eigenvalue weighted by molar-refractivity contribution is 5.83. The van der Waals surface area contributed by atoms with Crippen molar-refractivity contribution in [1.82, 2.24) is 24.4 Å². The molecule has 23 heavy (non-hydrogen) atoms. The maximum absolute atomic E-state index is 12.3. The molecule has 0 radical (unpaired) electrons. The summed E-state index contributed by atoms with van der Waals surface area (Å²) in [5.41, 5.74) is 10.7. The monoisotopic (exact) mass is 323 g/mol. The second-order valence-corrected chi connectivity index (χ2v) is 4.68. The molecule has 0 saturated carbocycles. The molecule has 0 aromatic carbocycles. The fourth-order valence-electron chi connectivity index (χ4n) is 2.00. The largest absolute Gasteiger partial charge is 0.468 e. The third-order valence-corrected chi connectivity index (χ3v) is 3.10. The van der Waals surface area contributed by atoms with Crippen LogP contribution in [0, 0.1) is 0 Å². The molecule has 0 aliphatic carbocycles. The maximum atomic E-state index is 12.3. The number of aromatic amines is 1. The van der Waals surface area contributed by atoms with Gasteiger partial charge in [0, 0.05) is 13.1 Å². The summed E-state index contributed by atoms with van der Waals surface area (Å²) in [5.74, 6) is -1.02. The number of methoxy groups -OCH3 is 1. The Hall–Kier alpha value is -2.95. The number of nitrogens with two attached hydrogens (primary N) is 2. The summed E-state index contributed by atoms with van der Waals surface area (Å²) in [4.78, 5) is 46.8. The number of amides is 1. The van der Waals surface area contributed by atoms with Crippen molar-refractivity contribution in [3.63, 3.8) is 0 Å². The molecule has 0 unspecified atom stereocenters. The first-order chi connectivity index (χ1) is 11.0. The second-order valence-electron chi connectivity index (χ2n) is 4.68. The van der Waals surface area contributed by atoms with Crippen LogP contribution >= 0.6 is 0 Å². The fraction of sp³-hybridized carbons (Fsp3) is 0.417. The van der Waals surface area contributed by atoms with Crippen molar-refractivity contribution in [3.05, 3.63) is 16.7 Å². The number of carbonyl (C=O) groups is 2. The molecule has 2 aromatic heterocycles. The Bertz CT molecular complexity index is 781. The van der Waals surface area contributed by atoms with Crippen molar-refractivity contribution in [2.75, 3.05) is 32.5 Å². The van der Waals surface area contributed by atoms with Gasteiger partial charge in [0.25, 0.3) is 5.56 Å². The number of hydrogen-bond donors (Lipinski definition) is 3. The summed E-state index contributed by atoms with van der Waals surface area (Å²) in [5, 5.41) is 0. The predicted octanol–water partition coefficient (Wildman–Crippen LogP) is -2.34. The molecule has 2 rings (SSSR count). The topological polar surface area (TPSA) is 162 Å². The van der Waals surface area contributed by atoms with Crippen molar-refractivity contribution in [2.24, 2.45) is 5.73 Å². The highest BCUT2D eigenvalue weighted by Gasteiger charge is 2.19. The zero-order chi connectivity index (χ0) is 17.0. The number of H-pyrrole nitrogens is 1. The van der Waals surface area contributed by atoms with Gasteiger partial charge < -0.3 is 25.7 Å². The van der Waals surface area contributed by atoms with E-state index < -0.39 is 11.5 Å². The minimum absolute atomic E-state index is 0.0744. The quantitative estimate of drug-likeness (QED) is 0.498. The molecule has 0 aliphatic rings. The Labute approximate surface area is 130 Å². The summed E-state index contributed by atoms with van der Waals surface area (Å²) in [6.45, 7) is 0.00763. The van der Waals surface area contributed by atoms with E-state index in [1.807, 2.05) is 0 Å². The number of rotatable bonds is 6. The number of esters is 1. The highest BCUT2D eigenvalue weighted by Crippen LogP contribution is 2.07. The molecule has 124 valence electrons. The van der Waals surface area contributed by atoms with Crippen molar-refractivity contribution in [1.29, 1.82) is 0 Å². The summed E-state index contributed by atoms with van der Waals surface area (Å²) in [6, 6.07) is 0. The molecule has 0 saturated heterocycles. The van der Waals surface area contributed by atoms with Crippen LogP contribution in [0.25, 0.3) is 11.2 Å². The molecule has 5 N–H and O–H groups in total. The number of nitrogen functional groups attached to an aromatic ring is 1. The first-order valence-electron chi connectivity index (χ1n) is 6.71. The van der Waals surface area contributed by atoms with Gasteiger partial charge in [0.1, 0.15) is 13.1 Å². The van der Waals surface area contributed by atoms with E-state index in [1.165, 1.54) is 22.9 Å². The van der Waals surface area contributed by atoms with Gasteiger partial charge in [-0.15, -0.1) is 0 Å². The van der Waals surface area contributed by atoms with Gasteiger partial charge >= 0.3 is 5.97 Å². The average molecular weight is 323 g/mol. The third-order valence-electron chi connectivity index (χ3n) is 3.10. The van der Waals surface area contributed by atoms with Crippen LogP contribution in [0.3, 0.4) is 0 Å². The molecule has 0 aliphatic heterocycles. The number of fused-ring (bicyclic) bond motifs is 1. The number of imidazole rings is 1. The van der Waals surface area contributed by atoms with E-state index in [-0.39, 0.29) is 49.2 Å². The van der Waals surface area contributed by atoms with Crippen LogP contribution in [0.1, 0.15) is 0 Å². The first-order valence-corrected chi connectivity index (χ1v) is 6.71. The maximum Gasteiger partial charge on any atom is 0.325 e. The molecule has 1 amide bonds. The van der Waals surface area contributed by atoms with Gasteiger partial charge in [-0.1, -0.05) is 0 Å². The van der Waals surface area contributed by atoms with Crippen LogP contribution in [-0.2, 0) is 20.9 Å². The zero-order valence-electron chi connectivity index (χ0n) is 12.5. The average Bonchev–Trinajstić information content (AvgIpc) is 2.89. The van der Waals surface area contributed by atoms with E-state index in [9.17, 15) is 14.4 Å². The van der Waals surface area contributed by atoms with E-state index in [2.05, 4.69) is 19.7 Å². The number of aromatic nitrogens is 4. The lowest BCUT2D eigenvalue weighted by molar-refractivity contribution is -0.147. The minimum atomic E-state index is -0.555. The molecule has 11 heteroatoms. The van der Waals surface area contributed by atoms with Crippen LogP contribution in [-0.4, -0.2) is 63.0 Å². The number of nitrogens with zero attached hydrogens (tertiary/aromatic N) is 4. The molecule has 11 nitrogen and oxygen atoms in total. The Kier molecular flexibility index (Phi) is 4.91. The summed E-state index contributed by atoms with van der Waals surface area (Å²) in [6.07, 6.45) is 1.31. The van der Waals surface area contributed by atoms with Crippen LogP contribution in [0.4, 0.5) is 5.95 Å². The third kappa shape index (κ3) is 3.63. The van der Waals surface area contributed by atoms with E-state index in [1.54, 1.807) is 0 Å². The fourth-order valence-corrected chi connectivity index (χ4v) is 2.00. The van der Waals surface area contributed by atoms with Crippen LogP contribution in [0.2, 0.25) is 0 Å². The first kappa shape index (κ1) is 16.4. The Morgan fingerprint density at radius 2 is 2.22 bits per heavy atom. The van der Waals surface area contributed by atoms with Crippen LogP contribution in [0.15, 0.2) is 11.1 Å². The number of anilines is 1. The SMILES string of the molecule is COC(=O)CN(CCN)C(=O)Cn1cnc2c(=O)[nH]c(N)nc21. The standard InChI is InChI=1S/C12H17N7O4/c1-23-8(21)5-18(3-2-13)7(20)4-19-6-15-9-10(19)16-12(14)17-11(9)22/h6H,2-5,13H2,1H3,(H3,14,16,17,22). The van der Waals surface area contributed by atoms with Gasteiger partial charge in [-0.25, -0.2) is 4.98 Å². The summed E-state index contributed by atoms with van der Waals surface area (Å²) >= 11 is 0. The van der Waals surface area contributed by atoms with Crippen molar-refractivity contribution >= 4 is 29.0 Å². The van der Waals surface area contributed by atoms with Crippen LogP contribution in [0.5, 0.6) is 0 Å².